The molecule has 0 amide bonds. The van der Waals surface area contributed by atoms with Gasteiger partial charge in [-0.1, -0.05) is 24.9 Å². The van der Waals surface area contributed by atoms with Crippen molar-refractivity contribution in [1.29, 1.82) is 0 Å². The van der Waals surface area contributed by atoms with Crippen LogP contribution in [0.5, 0.6) is 0 Å². The number of nitrogens with zero attached hydrogens (tertiary/aromatic N) is 1. The first kappa shape index (κ1) is 16.7. The number of benzene rings is 1. The molecule has 1 fully saturated rings. The zero-order valence-electron chi connectivity index (χ0n) is 12.6. The first-order valence-electron chi connectivity index (χ1n) is 7.42. The highest BCUT2D eigenvalue weighted by atomic mass is 35.5. The summed E-state index contributed by atoms with van der Waals surface area (Å²) in [7, 11) is -3.52. The van der Waals surface area contributed by atoms with Crippen molar-refractivity contribution in [2.45, 2.75) is 57.0 Å². The van der Waals surface area contributed by atoms with E-state index in [2.05, 4.69) is 0 Å². The van der Waals surface area contributed by atoms with Crippen LogP contribution < -0.4 is 5.73 Å². The van der Waals surface area contributed by atoms with Gasteiger partial charge < -0.3 is 5.73 Å². The molecule has 21 heavy (non-hydrogen) atoms. The van der Waals surface area contributed by atoms with Crippen LogP contribution in [-0.4, -0.2) is 25.3 Å². The molecule has 1 aromatic carbocycles. The lowest BCUT2D eigenvalue weighted by Gasteiger charge is -2.34. The van der Waals surface area contributed by atoms with Crippen LogP contribution in [0, 0.1) is 6.92 Å². The van der Waals surface area contributed by atoms with E-state index in [9.17, 15) is 8.42 Å². The summed E-state index contributed by atoms with van der Waals surface area (Å²) in [5.41, 5.74) is 7.19. The molecule has 0 bridgehead atoms. The fourth-order valence-electron chi connectivity index (χ4n) is 3.01. The smallest absolute Gasteiger partial charge is 0.243 e. The van der Waals surface area contributed by atoms with Crippen molar-refractivity contribution in [2.24, 2.45) is 5.73 Å². The molecule has 1 aliphatic heterocycles. The molecule has 6 heteroatoms. The maximum absolute atomic E-state index is 13.0. The van der Waals surface area contributed by atoms with Crippen molar-refractivity contribution in [3.63, 3.8) is 0 Å². The monoisotopic (exact) mass is 330 g/mol. The van der Waals surface area contributed by atoms with E-state index >= 15 is 0 Å². The van der Waals surface area contributed by atoms with Crippen molar-refractivity contribution in [2.75, 3.05) is 6.54 Å². The SMILES string of the molecule is CCC1CCCCN1S(=O)(=O)c1cc(Cl)cc(CN)c1C. The van der Waals surface area contributed by atoms with E-state index < -0.39 is 10.0 Å². The quantitative estimate of drug-likeness (QED) is 0.922. The Kier molecular flexibility index (Phi) is 5.30. The second-order valence-electron chi connectivity index (χ2n) is 5.57. The average Bonchev–Trinajstić information content (AvgIpc) is 2.48. The van der Waals surface area contributed by atoms with Crippen LogP contribution in [0.3, 0.4) is 0 Å². The number of nitrogens with two attached hydrogens (primary N) is 1. The Hall–Kier alpha value is -0.620. The first-order valence-corrected chi connectivity index (χ1v) is 9.24. The predicted molar refractivity (Wildman–Crippen MR) is 85.9 cm³/mol. The lowest BCUT2D eigenvalue weighted by molar-refractivity contribution is 0.246. The second kappa shape index (κ2) is 6.65. The van der Waals surface area contributed by atoms with Crippen molar-refractivity contribution < 1.29 is 8.42 Å². The Morgan fingerprint density at radius 2 is 2.10 bits per heavy atom. The third-order valence-corrected chi connectivity index (χ3v) is 6.58. The highest BCUT2D eigenvalue weighted by molar-refractivity contribution is 7.89. The minimum Gasteiger partial charge on any atom is -0.326 e. The van der Waals surface area contributed by atoms with Crippen molar-refractivity contribution in [3.05, 3.63) is 28.3 Å². The van der Waals surface area contributed by atoms with Gasteiger partial charge in [0.1, 0.15) is 0 Å². The van der Waals surface area contributed by atoms with E-state index in [1.165, 1.54) is 0 Å². The molecule has 2 N–H and O–H groups in total. The van der Waals surface area contributed by atoms with Gasteiger partial charge in [0, 0.05) is 24.2 Å². The average molecular weight is 331 g/mol. The largest absolute Gasteiger partial charge is 0.326 e. The summed E-state index contributed by atoms with van der Waals surface area (Å²) in [4.78, 5) is 0.302. The van der Waals surface area contributed by atoms with Crippen LogP contribution in [0.4, 0.5) is 0 Å². The summed E-state index contributed by atoms with van der Waals surface area (Å²) >= 11 is 6.08. The summed E-state index contributed by atoms with van der Waals surface area (Å²) in [6.45, 7) is 4.71. The van der Waals surface area contributed by atoms with Gasteiger partial charge in [-0.3, -0.25) is 0 Å². The number of hydrogen-bond acceptors (Lipinski definition) is 3. The maximum Gasteiger partial charge on any atom is 0.243 e. The van der Waals surface area contributed by atoms with Crippen LogP contribution in [0.1, 0.15) is 43.7 Å². The lowest BCUT2D eigenvalue weighted by Crippen LogP contribution is -2.43. The zero-order chi connectivity index (χ0) is 15.6. The van der Waals surface area contributed by atoms with E-state index in [-0.39, 0.29) is 12.6 Å². The van der Waals surface area contributed by atoms with E-state index in [4.69, 9.17) is 17.3 Å². The molecule has 4 nitrogen and oxygen atoms in total. The summed E-state index contributed by atoms with van der Waals surface area (Å²) in [5, 5.41) is 0.421. The van der Waals surface area contributed by atoms with Crippen LogP contribution in [0.2, 0.25) is 5.02 Å². The number of rotatable bonds is 4. The van der Waals surface area contributed by atoms with Gasteiger partial charge in [-0.25, -0.2) is 8.42 Å². The molecule has 118 valence electrons. The van der Waals surface area contributed by atoms with E-state index in [1.54, 1.807) is 23.4 Å². The molecule has 0 aliphatic carbocycles. The molecule has 1 saturated heterocycles. The van der Waals surface area contributed by atoms with Gasteiger partial charge in [0.15, 0.2) is 0 Å². The van der Waals surface area contributed by atoms with E-state index in [1.807, 2.05) is 6.92 Å². The second-order valence-corrected chi connectivity index (χ2v) is 7.86. The highest BCUT2D eigenvalue weighted by Gasteiger charge is 2.33. The summed E-state index contributed by atoms with van der Waals surface area (Å²) in [6, 6.07) is 3.37. The molecule has 0 aromatic heterocycles. The first-order chi connectivity index (χ1) is 9.91. The molecule has 1 unspecified atom stereocenters. The van der Waals surface area contributed by atoms with Crippen molar-refractivity contribution in [1.82, 2.24) is 4.31 Å². The molecule has 1 atom stereocenters. The number of piperidine rings is 1. The van der Waals surface area contributed by atoms with Crippen molar-refractivity contribution >= 4 is 21.6 Å². The van der Waals surface area contributed by atoms with Gasteiger partial charge in [0.05, 0.1) is 4.90 Å². The fraction of sp³-hybridized carbons (Fsp3) is 0.600. The lowest BCUT2D eigenvalue weighted by atomic mass is 10.0. The van der Waals surface area contributed by atoms with Gasteiger partial charge >= 0.3 is 0 Å². The number of hydrogen-bond donors (Lipinski definition) is 1. The van der Waals surface area contributed by atoms with Crippen LogP contribution in [0.25, 0.3) is 0 Å². The molecular weight excluding hydrogens is 308 g/mol. The molecular formula is C15H23ClN2O2S. The number of sulfonamides is 1. The number of halogens is 1. The molecule has 1 aromatic rings. The molecule has 1 aliphatic rings. The third kappa shape index (κ3) is 3.26. The Morgan fingerprint density at radius 1 is 1.38 bits per heavy atom. The van der Waals surface area contributed by atoms with E-state index in [0.717, 1.165) is 31.2 Å². The standard InChI is InChI=1S/C15H23ClN2O2S/c1-3-14-6-4-5-7-18(14)21(19,20)15-9-13(16)8-12(10-17)11(15)2/h8-9,14H,3-7,10,17H2,1-2H3. The van der Waals surface area contributed by atoms with Gasteiger partial charge in [-0.15, -0.1) is 0 Å². The highest BCUT2D eigenvalue weighted by Crippen LogP contribution is 2.31. The Balaban J connectivity index is 2.50. The minimum atomic E-state index is -3.52. The van der Waals surface area contributed by atoms with Crippen LogP contribution in [-0.2, 0) is 16.6 Å². The zero-order valence-corrected chi connectivity index (χ0v) is 14.2. The summed E-state index contributed by atoms with van der Waals surface area (Å²) in [6.07, 6.45) is 3.77. The summed E-state index contributed by atoms with van der Waals surface area (Å²) in [5.74, 6) is 0. The minimum absolute atomic E-state index is 0.0865. The van der Waals surface area contributed by atoms with Crippen molar-refractivity contribution in [3.8, 4) is 0 Å². The van der Waals surface area contributed by atoms with Gasteiger partial charge in [0.2, 0.25) is 10.0 Å². The summed E-state index contributed by atoms with van der Waals surface area (Å²) < 4.78 is 27.7. The fourth-order valence-corrected chi connectivity index (χ4v) is 5.38. The van der Waals surface area contributed by atoms with Crippen LogP contribution in [0.15, 0.2) is 17.0 Å². The van der Waals surface area contributed by atoms with Gasteiger partial charge in [-0.2, -0.15) is 4.31 Å². The maximum atomic E-state index is 13.0. The molecule has 0 saturated carbocycles. The van der Waals surface area contributed by atoms with Crippen LogP contribution >= 0.6 is 11.6 Å². The molecule has 0 spiro atoms. The predicted octanol–water partition coefficient (Wildman–Crippen LogP) is 3.06. The Bertz CT molecular complexity index is 616. The molecule has 0 radical (unpaired) electrons. The Labute approximate surface area is 132 Å². The third-order valence-electron chi connectivity index (χ3n) is 4.28. The van der Waals surface area contributed by atoms with Gasteiger partial charge in [-0.05, 0) is 49.4 Å². The van der Waals surface area contributed by atoms with E-state index in [0.29, 0.717) is 22.0 Å². The Morgan fingerprint density at radius 3 is 2.71 bits per heavy atom. The normalized spacial score (nSPS) is 20.7. The molecule has 2 rings (SSSR count). The topological polar surface area (TPSA) is 63.4 Å². The molecule has 1 heterocycles. The van der Waals surface area contributed by atoms with Gasteiger partial charge in [0.25, 0.3) is 0 Å².